The molecule has 1 aliphatic heterocycles. The zero-order chi connectivity index (χ0) is 15.2. The molecule has 1 aliphatic rings. The van der Waals surface area contributed by atoms with E-state index in [0.29, 0.717) is 6.61 Å². The van der Waals surface area contributed by atoms with Gasteiger partial charge in [-0.1, -0.05) is 0 Å². The Balaban J connectivity index is 1.50. The fourth-order valence-electron chi connectivity index (χ4n) is 2.40. The molecule has 1 aromatic carbocycles. The fraction of sp³-hybridized carbons (Fsp3) is 0.438. The highest BCUT2D eigenvalue weighted by Gasteiger charge is 2.12. The summed E-state index contributed by atoms with van der Waals surface area (Å²) in [4.78, 5) is 7.09. The van der Waals surface area contributed by atoms with Crippen molar-refractivity contribution < 1.29 is 9.47 Å². The molecule has 0 saturated carbocycles. The summed E-state index contributed by atoms with van der Waals surface area (Å²) in [5.41, 5.74) is 1.14. The summed E-state index contributed by atoms with van der Waals surface area (Å²) in [6, 6.07) is 7.61. The molecule has 0 bridgehead atoms. The second-order valence-electron chi connectivity index (χ2n) is 5.22. The van der Waals surface area contributed by atoms with E-state index >= 15 is 0 Å². The van der Waals surface area contributed by atoms with Crippen LogP contribution in [0.2, 0.25) is 0 Å². The predicted molar refractivity (Wildman–Crippen MR) is 87.6 cm³/mol. The van der Waals surface area contributed by atoms with Crippen LogP contribution in [0.1, 0.15) is 10.7 Å². The molecule has 0 spiro atoms. The summed E-state index contributed by atoms with van der Waals surface area (Å²) >= 11 is 1.66. The number of ether oxygens (including phenoxy) is 2. The molecule has 1 N–H and O–H groups in total. The number of hydrogen-bond donors (Lipinski definition) is 1. The number of methoxy groups -OCH3 is 1. The Labute approximate surface area is 134 Å². The van der Waals surface area contributed by atoms with Crippen molar-refractivity contribution >= 4 is 11.3 Å². The molecule has 2 aromatic rings. The Bertz CT molecular complexity index is 579. The van der Waals surface area contributed by atoms with Crippen molar-refractivity contribution in [3.05, 3.63) is 40.3 Å². The number of benzene rings is 1. The van der Waals surface area contributed by atoms with Crippen LogP contribution in [0.25, 0.3) is 0 Å². The number of thiazole rings is 1. The average Bonchev–Trinajstić information content (AvgIpc) is 3.02. The minimum absolute atomic E-state index is 0.512. The third kappa shape index (κ3) is 4.19. The van der Waals surface area contributed by atoms with Crippen molar-refractivity contribution in [3.63, 3.8) is 0 Å². The Kier molecular flexibility index (Phi) is 5.26. The van der Waals surface area contributed by atoms with Crippen LogP contribution in [-0.2, 0) is 13.2 Å². The molecule has 0 amide bonds. The first-order valence-corrected chi connectivity index (χ1v) is 8.34. The molecular weight excluding hydrogens is 298 g/mol. The molecule has 0 aliphatic carbocycles. The molecule has 22 heavy (non-hydrogen) atoms. The summed E-state index contributed by atoms with van der Waals surface area (Å²) < 4.78 is 10.9. The number of nitrogens with one attached hydrogen (secondary N) is 1. The minimum Gasteiger partial charge on any atom is -0.497 e. The summed E-state index contributed by atoms with van der Waals surface area (Å²) in [6.07, 6.45) is 0. The summed E-state index contributed by atoms with van der Waals surface area (Å²) in [5, 5.41) is 6.51. The van der Waals surface area contributed by atoms with E-state index in [2.05, 4.69) is 20.6 Å². The lowest BCUT2D eigenvalue weighted by Gasteiger charge is -2.26. The van der Waals surface area contributed by atoms with Gasteiger partial charge in [0.15, 0.2) is 0 Å². The van der Waals surface area contributed by atoms with Crippen LogP contribution in [0.3, 0.4) is 0 Å². The number of hydrogen-bond acceptors (Lipinski definition) is 6. The SMILES string of the molecule is COc1ccc(OCc2nc(CN3CCNCC3)cs2)cc1. The number of rotatable bonds is 6. The second-order valence-corrected chi connectivity index (χ2v) is 6.17. The predicted octanol–water partition coefficient (Wildman–Crippen LogP) is 2.14. The Hall–Kier alpha value is -1.63. The summed E-state index contributed by atoms with van der Waals surface area (Å²) in [6.45, 7) is 5.76. The lowest BCUT2D eigenvalue weighted by Crippen LogP contribution is -2.42. The van der Waals surface area contributed by atoms with Gasteiger partial charge in [0.25, 0.3) is 0 Å². The molecule has 5 nitrogen and oxygen atoms in total. The van der Waals surface area contributed by atoms with E-state index in [4.69, 9.17) is 9.47 Å². The van der Waals surface area contributed by atoms with E-state index in [1.807, 2.05) is 24.3 Å². The first-order valence-electron chi connectivity index (χ1n) is 7.47. The molecule has 6 heteroatoms. The van der Waals surface area contributed by atoms with Crippen LogP contribution in [0, 0.1) is 0 Å². The van der Waals surface area contributed by atoms with Crippen LogP contribution < -0.4 is 14.8 Å². The van der Waals surface area contributed by atoms with Gasteiger partial charge in [-0.05, 0) is 24.3 Å². The third-order valence-corrected chi connectivity index (χ3v) is 4.49. The molecule has 1 saturated heterocycles. The Morgan fingerprint density at radius 3 is 2.64 bits per heavy atom. The molecule has 0 unspecified atom stereocenters. The van der Waals surface area contributed by atoms with Gasteiger partial charge in [-0.15, -0.1) is 11.3 Å². The quantitative estimate of drug-likeness (QED) is 0.884. The standard InChI is InChI=1S/C16H21N3O2S/c1-20-14-2-4-15(5-3-14)21-11-16-18-13(12-22-16)10-19-8-6-17-7-9-19/h2-5,12,17H,6-11H2,1H3. The largest absolute Gasteiger partial charge is 0.497 e. The van der Waals surface area contributed by atoms with Crippen LogP contribution in [0.5, 0.6) is 11.5 Å². The van der Waals surface area contributed by atoms with E-state index in [1.54, 1.807) is 18.4 Å². The lowest BCUT2D eigenvalue weighted by atomic mass is 10.3. The van der Waals surface area contributed by atoms with E-state index in [-0.39, 0.29) is 0 Å². The number of nitrogens with zero attached hydrogens (tertiary/aromatic N) is 2. The Morgan fingerprint density at radius 1 is 1.18 bits per heavy atom. The average molecular weight is 319 g/mol. The van der Waals surface area contributed by atoms with Crippen molar-refractivity contribution in [2.45, 2.75) is 13.2 Å². The zero-order valence-corrected chi connectivity index (χ0v) is 13.6. The monoisotopic (exact) mass is 319 g/mol. The molecule has 1 fully saturated rings. The van der Waals surface area contributed by atoms with Gasteiger partial charge in [0, 0.05) is 38.1 Å². The highest BCUT2D eigenvalue weighted by Crippen LogP contribution is 2.19. The van der Waals surface area contributed by atoms with E-state index in [1.165, 1.54) is 0 Å². The van der Waals surface area contributed by atoms with Gasteiger partial charge in [-0.2, -0.15) is 0 Å². The molecule has 3 rings (SSSR count). The second kappa shape index (κ2) is 7.58. The van der Waals surface area contributed by atoms with Crippen LogP contribution >= 0.6 is 11.3 Å². The van der Waals surface area contributed by atoms with Crippen molar-refractivity contribution in [3.8, 4) is 11.5 Å². The maximum absolute atomic E-state index is 5.76. The topological polar surface area (TPSA) is 46.6 Å². The molecule has 2 heterocycles. The minimum atomic E-state index is 0.512. The van der Waals surface area contributed by atoms with Gasteiger partial charge in [-0.3, -0.25) is 4.90 Å². The van der Waals surface area contributed by atoms with Crippen molar-refractivity contribution in [1.82, 2.24) is 15.2 Å². The lowest BCUT2D eigenvalue weighted by molar-refractivity contribution is 0.230. The van der Waals surface area contributed by atoms with Gasteiger partial charge in [-0.25, -0.2) is 4.98 Å². The molecular formula is C16H21N3O2S. The summed E-state index contributed by atoms with van der Waals surface area (Å²) in [7, 11) is 1.66. The molecule has 0 atom stereocenters. The Morgan fingerprint density at radius 2 is 1.91 bits per heavy atom. The van der Waals surface area contributed by atoms with Crippen LogP contribution in [0.4, 0.5) is 0 Å². The van der Waals surface area contributed by atoms with Gasteiger partial charge >= 0.3 is 0 Å². The van der Waals surface area contributed by atoms with Crippen molar-refractivity contribution in [2.75, 3.05) is 33.3 Å². The summed E-state index contributed by atoms with van der Waals surface area (Å²) in [5.74, 6) is 1.67. The first-order chi connectivity index (χ1) is 10.8. The fourth-order valence-corrected chi connectivity index (χ4v) is 3.10. The zero-order valence-electron chi connectivity index (χ0n) is 12.7. The van der Waals surface area contributed by atoms with E-state index in [0.717, 1.165) is 54.9 Å². The highest BCUT2D eigenvalue weighted by molar-refractivity contribution is 7.09. The number of aromatic nitrogens is 1. The van der Waals surface area contributed by atoms with Gasteiger partial charge < -0.3 is 14.8 Å². The van der Waals surface area contributed by atoms with Gasteiger partial charge in [0.05, 0.1) is 12.8 Å². The van der Waals surface area contributed by atoms with Crippen molar-refractivity contribution in [2.24, 2.45) is 0 Å². The highest BCUT2D eigenvalue weighted by atomic mass is 32.1. The van der Waals surface area contributed by atoms with Gasteiger partial charge in [0.1, 0.15) is 23.1 Å². The normalized spacial score (nSPS) is 15.7. The van der Waals surface area contributed by atoms with E-state index in [9.17, 15) is 0 Å². The number of piperazine rings is 1. The van der Waals surface area contributed by atoms with Crippen molar-refractivity contribution in [1.29, 1.82) is 0 Å². The smallest absolute Gasteiger partial charge is 0.140 e. The molecule has 118 valence electrons. The third-order valence-electron chi connectivity index (χ3n) is 3.62. The first kappa shape index (κ1) is 15.3. The van der Waals surface area contributed by atoms with E-state index < -0.39 is 0 Å². The maximum atomic E-state index is 5.76. The van der Waals surface area contributed by atoms with Crippen LogP contribution in [0.15, 0.2) is 29.6 Å². The molecule has 1 aromatic heterocycles. The van der Waals surface area contributed by atoms with Crippen LogP contribution in [-0.4, -0.2) is 43.2 Å². The van der Waals surface area contributed by atoms with Gasteiger partial charge in [0.2, 0.25) is 0 Å². The molecule has 0 radical (unpaired) electrons. The maximum Gasteiger partial charge on any atom is 0.140 e.